The van der Waals surface area contributed by atoms with Gasteiger partial charge in [-0.3, -0.25) is 28.1 Å². The lowest BCUT2D eigenvalue weighted by Crippen LogP contribution is -2.33. The summed E-state index contributed by atoms with van der Waals surface area (Å²) in [5.74, 6) is -1.40. The maximum atomic E-state index is 14.4. The van der Waals surface area contributed by atoms with E-state index in [4.69, 9.17) is 0 Å². The van der Waals surface area contributed by atoms with Crippen molar-refractivity contribution in [1.82, 2.24) is 9.88 Å². The highest BCUT2D eigenvalue weighted by Gasteiger charge is 2.28. The molecular weight excluding hydrogens is 803 g/mol. The Morgan fingerprint density at radius 1 is 0.691 bits per heavy atom. The number of benzene rings is 4. The summed E-state index contributed by atoms with van der Waals surface area (Å²) < 4.78 is 132. The Balaban J connectivity index is 1.83. The van der Waals surface area contributed by atoms with Gasteiger partial charge < -0.3 is 10.4 Å². The number of rotatable bonds is 11. The quantitative estimate of drug-likeness (QED) is 0.117. The minimum absolute atomic E-state index is 0.0430. The number of nitrogens with zero attached hydrogens (tertiary/aromatic N) is 2. The summed E-state index contributed by atoms with van der Waals surface area (Å²) in [6.07, 6.45) is 0. The van der Waals surface area contributed by atoms with Crippen molar-refractivity contribution >= 4 is 79.0 Å². The third kappa shape index (κ3) is 7.23. The zero-order valence-electron chi connectivity index (χ0n) is 28.4. The van der Waals surface area contributed by atoms with Gasteiger partial charge in [0, 0.05) is 21.4 Å². The van der Waals surface area contributed by atoms with E-state index in [-0.39, 0.29) is 21.6 Å². The number of sulfone groups is 1. The number of hydrogen-bond acceptors (Lipinski definition) is 14. The normalized spacial score (nSPS) is 13.6. The van der Waals surface area contributed by atoms with Gasteiger partial charge in [0.2, 0.25) is 0 Å². The molecule has 5 N–H and O–H groups in total. The number of nitrogens with one attached hydrogen (secondary N) is 1. The van der Waals surface area contributed by atoms with E-state index >= 15 is 0 Å². The number of aliphatic hydroxyl groups excluding tert-OH is 1. The lowest BCUT2D eigenvalue weighted by Gasteiger charge is -2.19. The van der Waals surface area contributed by atoms with Gasteiger partial charge in [-0.15, -0.1) is 0 Å². The summed E-state index contributed by atoms with van der Waals surface area (Å²) in [7, 11) is -19.5. The Bertz CT molecular complexity index is 3280. The molecule has 0 atom stereocenters. The molecule has 0 radical (unpaired) electrons. The second-order valence-corrected chi connectivity index (χ2v) is 18.4. The molecule has 21 heteroatoms. The molecule has 4 aromatic carbocycles. The average molecular weight is 832 g/mol. The Morgan fingerprint density at radius 2 is 1.33 bits per heavy atom. The fourth-order valence-corrected chi connectivity index (χ4v) is 9.67. The van der Waals surface area contributed by atoms with Gasteiger partial charge in [-0.05, 0) is 54.9 Å². The molecule has 0 spiro atoms. The lowest BCUT2D eigenvalue weighted by atomic mass is 9.96. The van der Waals surface area contributed by atoms with E-state index in [0.29, 0.717) is 19.2 Å². The summed E-state index contributed by atoms with van der Waals surface area (Å²) in [6, 6.07) is 12.9. The summed E-state index contributed by atoms with van der Waals surface area (Å²) in [5, 5.41) is 12.1. The molecule has 0 unspecified atom stereocenters. The van der Waals surface area contributed by atoms with Gasteiger partial charge in [-0.2, -0.15) is 25.3 Å². The van der Waals surface area contributed by atoms with Crippen LogP contribution in [0, 0.1) is 10.4 Å². The predicted octanol–water partition coefficient (Wildman–Crippen LogP) is 2.26. The molecule has 17 nitrogen and oxygen atoms in total. The highest BCUT2D eigenvalue weighted by Crippen LogP contribution is 2.35. The van der Waals surface area contributed by atoms with Crippen LogP contribution < -0.4 is 21.5 Å². The molecule has 1 heterocycles. The van der Waals surface area contributed by atoms with Crippen molar-refractivity contribution < 1.29 is 52.4 Å². The fraction of sp³-hybridized carbons (Fsp3) is 0.147. The molecule has 6 rings (SSSR count). The Hall–Kier alpha value is -5.13. The van der Waals surface area contributed by atoms with Gasteiger partial charge in [-0.25, -0.2) is 13.4 Å². The molecule has 2 aliphatic rings. The minimum atomic E-state index is -5.36. The topological polar surface area (TPSA) is 280 Å². The van der Waals surface area contributed by atoms with Crippen LogP contribution in [0.15, 0.2) is 102 Å². The average Bonchev–Trinajstić information content (AvgIpc) is 3.11. The Kier molecular flexibility index (Phi) is 9.97. The van der Waals surface area contributed by atoms with Crippen LogP contribution in [-0.4, -0.2) is 81.3 Å². The number of anilines is 2. The molecule has 55 heavy (non-hydrogen) atoms. The number of fused-ring (bicyclic) bond motifs is 2. The first kappa shape index (κ1) is 39.6. The molecule has 0 amide bonds. The first-order valence-electron chi connectivity index (χ1n) is 15.9. The van der Waals surface area contributed by atoms with Crippen LogP contribution >= 0.6 is 0 Å². The van der Waals surface area contributed by atoms with Crippen molar-refractivity contribution in [2.45, 2.75) is 33.4 Å². The predicted molar refractivity (Wildman–Crippen MR) is 199 cm³/mol. The van der Waals surface area contributed by atoms with Crippen molar-refractivity contribution in [2.24, 2.45) is 0 Å². The smallest absolute Gasteiger partial charge is 0.296 e. The maximum absolute atomic E-state index is 14.4. The highest BCUT2D eigenvalue weighted by atomic mass is 32.2. The minimum Gasteiger partial charge on any atom is -0.506 e. The van der Waals surface area contributed by atoms with Crippen molar-refractivity contribution in [3.8, 4) is 0 Å². The van der Waals surface area contributed by atoms with E-state index in [9.17, 15) is 62.0 Å². The van der Waals surface area contributed by atoms with Gasteiger partial charge in [-0.1, -0.05) is 50.2 Å². The first-order valence-corrected chi connectivity index (χ1v) is 21.9. The van der Waals surface area contributed by atoms with Crippen molar-refractivity contribution in [3.05, 3.63) is 115 Å². The molecule has 0 saturated carbocycles. The van der Waals surface area contributed by atoms with Crippen LogP contribution in [0.4, 0.5) is 11.4 Å². The van der Waals surface area contributed by atoms with E-state index in [1.165, 1.54) is 30.3 Å². The number of aliphatic hydroxyl groups is 1. The summed E-state index contributed by atoms with van der Waals surface area (Å²) in [5.41, 5.74) is -4.44. The third-order valence-corrected chi connectivity index (χ3v) is 13.2. The van der Waals surface area contributed by atoms with E-state index < -0.39 is 115 Å². The molecule has 0 saturated heterocycles. The van der Waals surface area contributed by atoms with Gasteiger partial charge in [0.1, 0.15) is 21.4 Å². The van der Waals surface area contributed by atoms with Gasteiger partial charge in [0.25, 0.3) is 35.9 Å². The standard InChI is InChI=1S/C34H29N3O14S4/c1-3-37(4-2)17-52(41,42)19-12-13-25(54(46,47)48)23(15-19)35-24-16-26(55(49,50)51)31-29-27(21-10-5-6-11-22(21)33(39)28(24)29)30(34(40)36-31)32(38)18-8-7-9-20(14-18)53(43,44)45/h5-16,35,38H,3-4,17H2,1-2H3,(H,43,44,45)(H,46,47,48)(H,49,50,51). The van der Waals surface area contributed by atoms with Gasteiger partial charge >= 0.3 is 0 Å². The summed E-state index contributed by atoms with van der Waals surface area (Å²) in [4.78, 5) is 30.5. The van der Waals surface area contributed by atoms with E-state index in [2.05, 4.69) is 10.3 Å². The van der Waals surface area contributed by atoms with Crippen LogP contribution in [0.5, 0.6) is 0 Å². The Labute approximate surface area is 312 Å². The van der Waals surface area contributed by atoms with Crippen LogP contribution in [0.3, 0.4) is 0 Å². The SMILES string of the molecule is CCN(CC)CS(=O)(=O)c1ccc(S(=O)(=O)O)c(Nc2cc(S(=O)(=O)O)c3nc(=O)c(=C(O)c4cccc(S(=O)(=O)O)c4)c4c5ccccc5c(=O)c2c3=4)c1. The molecule has 0 bridgehead atoms. The largest absolute Gasteiger partial charge is 0.506 e. The molecule has 288 valence electrons. The van der Waals surface area contributed by atoms with E-state index in [0.717, 1.165) is 36.4 Å². The zero-order valence-corrected chi connectivity index (χ0v) is 31.7. The van der Waals surface area contributed by atoms with E-state index in [1.54, 1.807) is 18.7 Å². The van der Waals surface area contributed by atoms with Gasteiger partial charge in [0.05, 0.1) is 37.3 Å². The molecule has 1 aliphatic heterocycles. The zero-order chi connectivity index (χ0) is 40.4. The van der Waals surface area contributed by atoms with Crippen LogP contribution in [-0.2, 0) is 40.2 Å². The van der Waals surface area contributed by atoms with E-state index in [1.807, 2.05) is 0 Å². The Morgan fingerprint density at radius 3 is 1.93 bits per heavy atom. The highest BCUT2D eigenvalue weighted by molar-refractivity contribution is 7.91. The fourth-order valence-electron chi connectivity index (χ4n) is 6.29. The summed E-state index contributed by atoms with van der Waals surface area (Å²) >= 11 is 0. The van der Waals surface area contributed by atoms with Crippen LogP contribution in [0.25, 0.3) is 27.4 Å². The molecule has 0 aromatic heterocycles. The van der Waals surface area contributed by atoms with Crippen LogP contribution in [0.1, 0.15) is 19.4 Å². The summed E-state index contributed by atoms with van der Waals surface area (Å²) in [6.45, 7) is 4.13. The monoisotopic (exact) mass is 831 g/mol. The van der Waals surface area contributed by atoms with Crippen molar-refractivity contribution in [2.75, 3.05) is 24.3 Å². The lowest BCUT2D eigenvalue weighted by molar-refractivity contribution is 0.348. The molecular formula is C34H29N3O14S4. The maximum Gasteiger partial charge on any atom is 0.296 e. The molecule has 1 aliphatic carbocycles. The van der Waals surface area contributed by atoms with Crippen molar-refractivity contribution in [1.29, 1.82) is 0 Å². The second-order valence-electron chi connectivity index (χ2n) is 12.2. The molecule has 0 fully saturated rings. The molecule has 4 aromatic rings. The van der Waals surface area contributed by atoms with Gasteiger partial charge in [0.15, 0.2) is 15.3 Å². The third-order valence-electron chi connectivity index (χ3n) is 8.88. The first-order chi connectivity index (χ1) is 25.6. The number of aromatic nitrogens is 1. The van der Waals surface area contributed by atoms with Crippen LogP contribution in [0.2, 0.25) is 0 Å². The van der Waals surface area contributed by atoms with Crippen molar-refractivity contribution in [3.63, 3.8) is 0 Å². The second kappa shape index (κ2) is 13.9. The number of hydrogen-bond donors (Lipinski definition) is 5.